The van der Waals surface area contributed by atoms with Gasteiger partial charge in [-0.2, -0.15) is 0 Å². The van der Waals surface area contributed by atoms with E-state index in [0.717, 1.165) is 15.5 Å². The Morgan fingerprint density at radius 1 is 1.50 bits per heavy atom. The van der Waals surface area contributed by atoms with Crippen molar-refractivity contribution < 1.29 is 9.53 Å². The molecule has 6 nitrogen and oxygen atoms in total. The summed E-state index contributed by atoms with van der Waals surface area (Å²) in [6.07, 6.45) is -0.787. The second-order valence-corrected chi connectivity index (χ2v) is 6.51. The highest BCUT2D eigenvalue weighted by atomic mass is 79.9. The molecule has 0 aliphatic rings. The summed E-state index contributed by atoms with van der Waals surface area (Å²) < 4.78 is 7.63. The molecule has 2 aromatic rings. The third-order valence-electron chi connectivity index (χ3n) is 3.13. The summed E-state index contributed by atoms with van der Waals surface area (Å²) in [6, 6.07) is 5.60. The average Bonchev–Trinajstić information content (AvgIpc) is 2.73. The van der Waals surface area contributed by atoms with Gasteiger partial charge in [-0.1, -0.05) is 32.1 Å². The van der Waals surface area contributed by atoms with Gasteiger partial charge in [-0.25, -0.2) is 9.48 Å². The summed E-state index contributed by atoms with van der Waals surface area (Å²) in [5.74, 6) is 0. The van der Waals surface area contributed by atoms with E-state index in [-0.39, 0.29) is 18.1 Å². The third kappa shape index (κ3) is 2.92. The summed E-state index contributed by atoms with van der Waals surface area (Å²) >= 11 is 3.45. The molecule has 20 heavy (non-hydrogen) atoms. The molecule has 1 aromatic heterocycles. The van der Waals surface area contributed by atoms with Crippen LogP contribution in [0.5, 0.6) is 0 Å². The zero-order valence-electron chi connectivity index (χ0n) is 11.6. The van der Waals surface area contributed by atoms with Gasteiger partial charge in [0.2, 0.25) is 0 Å². The molecule has 0 fully saturated rings. The Kier molecular flexibility index (Phi) is 3.99. The van der Waals surface area contributed by atoms with Crippen LogP contribution in [0.4, 0.5) is 4.79 Å². The number of amides is 1. The fourth-order valence-corrected chi connectivity index (χ4v) is 2.44. The van der Waals surface area contributed by atoms with Crippen LogP contribution in [0.25, 0.3) is 11.0 Å². The summed E-state index contributed by atoms with van der Waals surface area (Å²) in [6.45, 7) is 6.30. The maximum absolute atomic E-state index is 10.9. The lowest BCUT2D eigenvalue weighted by Crippen LogP contribution is -2.31. The minimum absolute atomic E-state index is 0.157. The lowest BCUT2D eigenvalue weighted by molar-refractivity contribution is 0.0955. The first-order valence-corrected chi connectivity index (χ1v) is 7.01. The molecule has 0 radical (unpaired) electrons. The lowest BCUT2D eigenvalue weighted by atomic mass is 9.87. The molecule has 0 saturated carbocycles. The number of rotatable bonds is 3. The first-order chi connectivity index (χ1) is 9.30. The van der Waals surface area contributed by atoms with Gasteiger partial charge in [0.25, 0.3) is 0 Å². The minimum atomic E-state index is -0.787. The molecule has 1 heterocycles. The fraction of sp³-hybridized carbons (Fsp3) is 0.462. The molecule has 1 atom stereocenters. The number of carbonyl (C=O) groups is 1. The number of halogens is 1. The first-order valence-electron chi connectivity index (χ1n) is 6.22. The zero-order valence-corrected chi connectivity index (χ0v) is 13.2. The van der Waals surface area contributed by atoms with Crippen LogP contribution in [0.15, 0.2) is 22.7 Å². The highest BCUT2D eigenvalue weighted by Gasteiger charge is 2.30. The molecule has 0 aliphatic heterocycles. The number of carbonyl (C=O) groups excluding carboxylic acids is 1. The van der Waals surface area contributed by atoms with Gasteiger partial charge < -0.3 is 10.5 Å². The number of fused-ring (bicyclic) bond motifs is 1. The average molecular weight is 341 g/mol. The maximum atomic E-state index is 10.9. The number of nitrogens with zero attached hydrogens (tertiary/aromatic N) is 3. The van der Waals surface area contributed by atoms with Crippen LogP contribution in [0.3, 0.4) is 0 Å². The Morgan fingerprint density at radius 3 is 2.80 bits per heavy atom. The van der Waals surface area contributed by atoms with Crippen molar-refractivity contribution in [2.45, 2.75) is 26.8 Å². The molecule has 1 aromatic carbocycles. The Labute approximate surface area is 125 Å². The van der Waals surface area contributed by atoms with E-state index >= 15 is 0 Å². The van der Waals surface area contributed by atoms with E-state index in [1.54, 1.807) is 4.68 Å². The molecular formula is C13H17BrN4O2. The fourth-order valence-electron chi connectivity index (χ4n) is 2.01. The Hall–Kier alpha value is -1.63. The molecule has 108 valence electrons. The molecule has 1 amide bonds. The minimum Gasteiger partial charge on any atom is -0.447 e. The van der Waals surface area contributed by atoms with Crippen LogP contribution in [-0.2, 0) is 4.74 Å². The molecule has 0 saturated heterocycles. The van der Waals surface area contributed by atoms with Crippen LogP contribution >= 0.6 is 15.9 Å². The SMILES string of the molecule is CC(C)(C)C(COC(N)=O)n1nnc2c(Br)cccc21. The molecule has 7 heteroatoms. The van der Waals surface area contributed by atoms with Crippen molar-refractivity contribution in [2.75, 3.05) is 6.61 Å². The standard InChI is InChI=1S/C13H17BrN4O2/c1-13(2,3)10(7-20-12(15)19)18-9-6-4-5-8(14)11(9)16-17-18/h4-6,10H,7H2,1-3H3,(H2,15,19). The summed E-state index contributed by atoms with van der Waals surface area (Å²) in [4.78, 5) is 10.9. The lowest BCUT2D eigenvalue weighted by Gasteiger charge is -2.30. The normalized spacial score (nSPS) is 13.4. The number of benzene rings is 1. The Morgan fingerprint density at radius 2 is 2.20 bits per heavy atom. The Bertz CT molecular complexity index is 633. The van der Waals surface area contributed by atoms with Gasteiger partial charge in [-0.05, 0) is 33.5 Å². The van der Waals surface area contributed by atoms with Crippen LogP contribution in [0.2, 0.25) is 0 Å². The van der Waals surface area contributed by atoms with E-state index in [1.807, 2.05) is 39.0 Å². The topological polar surface area (TPSA) is 83.0 Å². The van der Waals surface area contributed by atoms with Crippen LogP contribution in [0, 0.1) is 5.41 Å². The van der Waals surface area contributed by atoms with Gasteiger partial charge in [0.1, 0.15) is 12.1 Å². The summed E-state index contributed by atoms with van der Waals surface area (Å²) in [7, 11) is 0. The molecule has 1 unspecified atom stereocenters. The van der Waals surface area contributed by atoms with Gasteiger partial charge in [-0.3, -0.25) is 0 Å². The molecule has 0 bridgehead atoms. The van der Waals surface area contributed by atoms with Gasteiger partial charge in [-0.15, -0.1) is 5.10 Å². The van der Waals surface area contributed by atoms with Crippen LogP contribution in [0.1, 0.15) is 26.8 Å². The highest BCUT2D eigenvalue weighted by molar-refractivity contribution is 9.10. The van der Waals surface area contributed by atoms with Gasteiger partial charge in [0.15, 0.2) is 0 Å². The highest BCUT2D eigenvalue weighted by Crippen LogP contribution is 2.33. The van der Waals surface area contributed by atoms with Crippen molar-refractivity contribution in [1.29, 1.82) is 0 Å². The van der Waals surface area contributed by atoms with E-state index in [0.29, 0.717) is 0 Å². The predicted octanol–water partition coefficient (Wildman–Crippen LogP) is 2.88. The van der Waals surface area contributed by atoms with Crippen LogP contribution < -0.4 is 5.73 Å². The number of aromatic nitrogens is 3. The van der Waals surface area contributed by atoms with Crippen molar-refractivity contribution in [3.8, 4) is 0 Å². The van der Waals surface area contributed by atoms with E-state index in [9.17, 15) is 4.79 Å². The molecule has 0 aliphatic carbocycles. The van der Waals surface area contributed by atoms with Gasteiger partial charge >= 0.3 is 6.09 Å². The molecular weight excluding hydrogens is 324 g/mol. The third-order valence-corrected chi connectivity index (χ3v) is 3.77. The van der Waals surface area contributed by atoms with E-state index in [4.69, 9.17) is 10.5 Å². The van der Waals surface area contributed by atoms with Crippen molar-refractivity contribution in [3.05, 3.63) is 22.7 Å². The van der Waals surface area contributed by atoms with Gasteiger partial charge in [0.05, 0.1) is 11.6 Å². The molecule has 2 N–H and O–H groups in total. The van der Waals surface area contributed by atoms with Crippen LogP contribution in [-0.4, -0.2) is 27.7 Å². The Balaban J connectivity index is 2.46. The number of hydrogen-bond donors (Lipinski definition) is 1. The molecule has 0 spiro atoms. The van der Waals surface area contributed by atoms with Gasteiger partial charge in [0, 0.05) is 4.47 Å². The number of nitrogens with two attached hydrogens (primary N) is 1. The second kappa shape index (κ2) is 5.40. The summed E-state index contributed by atoms with van der Waals surface area (Å²) in [5.41, 5.74) is 6.55. The van der Waals surface area contributed by atoms with Crippen molar-refractivity contribution in [2.24, 2.45) is 11.1 Å². The van der Waals surface area contributed by atoms with Crippen molar-refractivity contribution in [3.63, 3.8) is 0 Å². The largest absolute Gasteiger partial charge is 0.447 e. The zero-order chi connectivity index (χ0) is 14.9. The first kappa shape index (κ1) is 14.8. The van der Waals surface area contributed by atoms with E-state index in [1.165, 1.54) is 0 Å². The maximum Gasteiger partial charge on any atom is 0.404 e. The monoisotopic (exact) mass is 340 g/mol. The molecule has 2 rings (SSSR count). The quantitative estimate of drug-likeness (QED) is 0.930. The number of primary amides is 1. The number of hydrogen-bond acceptors (Lipinski definition) is 4. The summed E-state index contributed by atoms with van der Waals surface area (Å²) in [5, 5.41) is 8.38. The van der Waals surface area contributed by atoms with Crippen molar-refractivity contribution >= 4 is 33.1 Å². The van der Waals surface area contributed by atoms with E-state index in [2.05, 4.69) is 26.2 Å². The smallest absolute Gasteiger partial charge is 0.404 e. The predicted molar refractivity (Wildman–Crippen MR) is 79.3 cm³/mol. The number of ether oxygens (including phenoxy) is 1. The van der Waals surface area contributed by atoms with E-state index < -0.39 is 6.09 Å². The second-order valence-electron chi connectivity index (χ2n) is 5.65. The van der Waals surface area contributed by atoms with Crippen molar-refractivity contribution in [1.82, 2.24) is 15.0 Å².